The lowest BCUT2D eigenvalue weighted by Crippen LogP contribution is -2.52. The molecule has 0 aromatic heterocycles. The summed E-state index contributed by atoms with van der Waals surface area (Å²) in [6.45, 7) is 2.92. The van der Waals surface area contributed by atoms with Crippen molar-refractivity contribution in [3.63, 3.8) is 0 Å². The molecule has 2 rings (SSSR count). The molecule has 0 radical (unpaired) electrons. The van der Waals surface area contributed by atoms with E-state index in [2.05, 4.69) is 0 Å². The maximum Gasteiger partial charge on any atom is 0.432 e. The number of esters is 1. The molecule has 164 valence electrons. The highest BCUT2D eigenvalue weighted by Crippen LogP contribution is 2.43. The van der Waals surface area contributed by atoms with Crippen LogP contribution in [0.1, 0.15) is 31.4 Å². The molecular formula is C23H27F3O4. The zero-order valence-corrected chi connectivity index (χ0v) is 17.3. The molecule has 0 unspecified atom stereocenters. The van der Waals surface area contributed by atoms with Crippen molar-refractivity contribution >= 4 is 5.97 Å². The first-order chi connectivity index (χ1) is 14.0. The van der Waals surface area contributed by atoms with E-state index in [1.165, 1.54) is 24.3 Å². The third kappa shape index (κ3) is 5.83. The zero-order valence-electron chi connectivity index (χ0n) is 17.3. The number of halogens is 3. The lowest BCUT2D eigenvalue weighted by atomic mass is 9.89. The number of hydrogen-bond acceptors (Lipinski definition) is 4. The molecule has 0 fully saturated rings. The Kier molecular flexibility index (Phi) is 7.66. The molecule has 7 heteroatoms. The Hall–Kier alpha value is -2.38. The van der Waals surface area contributed by atoms with E-state index in [-0.39, 0.29) is 24.5 Å². The molecule has 2 aromatic rings. The van der Waals surface area contributed by atoms with E-state index in [4.69, 9.17) is 9.47 Å². The normalized spacial score (nSPS) is 15.3. The summed E-state index contributed by atoms with van der Waals surface area (Å²) in [7, 11) is 0.833. The Bertz CT molecular complexity index is 801. The molecule has 0 heterocycles. The monoisotopic (exact) mass is 424 g/mol. The molecule has 0 aliphatic heterocycles. The van der Waals surface area contributed by atoms with E-state index in [0.29, 0.717) is 6.42 Å². The molecule has 0 spiro atoms. The van der Waals surface area contributed by atoms with E-state index < -0.39 is 23.3 Å². The summed E-state index contributed by atoms with van der Waals surface area (Å²) in [6, 6.07) is 16.0. The number of ether oxygens (including phenoxy) is 2. The molecule has 0 amide bonds. The molecular weight excluding hydrogens is 397 g/mol. The van der Waals surface area contributed by atoms with E-state index >= 15 is 0 Å². The van der Waals surface area contributed by atoms with Gasteiger partial charge < -0.3 is 14.6 Å². The van der Waals surface area contributed by atoms with E-state index in [1.54, 1.807) is 19.9 Å². The van der Waals surface area contributed by atoms with Gasteiger partial charge in [-0.25, -0.2) is 4.79 Å². The number of hydrogen-bond donors (Lipinski definition) is 1. The average molecular weight is 424 g/mol. The van der Waals surface area contributed by atoms with Gasteiger partial charge in [0.1, 0.15) is 0 Å². The van der Waals surface area contributed by atoms with Gasteiger partial charge in [-0.15, -0.1) is 0 Å². The maximum absolute atomic E-state index is 14.0. The Morgan fingerprint density at radius 1 is 1.00 bits per heavy atom. The molecule has 0 saturated heterocycles. The molecule has 2 aromatic carbocycles. The van der Waals surface area contributed by atoms with E-state index in [1.807, 2.05) is 30.3 Å². The van der Waals surface area contributed by atoms with Gasteiger partial charge in [0, 0.05) is 12.7 Å². The number of carbonyl (C=O) groups is 1. The first-order valence-corrected chi connectivity index (χ1v) is 9.60. The smallest absolute Gasteiger partial charge is 0.432 e. The largest absolute Gasteiger partial charge is 0.463 e. The summed E-state index contributed by atoms with van der Waals surface area (Å²) in [5.74, 6) is -1.91. The minimum atomic E-state index is -5.02. The molecule has 0 aliphatic carbocycles. The predicted octanol–water partition coefficient (Wildman–Crippen LogP) is 4.65. The van der Waals surface area contributed by atoms with E-state index in [9.17, 15) is 23.1 Å². The minimum absolute atomic E-state index is 0.243. The zero-order chi connectivity index (χ0) is 22.4. The number of carbonyl (C=O) groups excluding carboxylic acids is 1. The highest BCUT2D eigenvalue weighted by atomic mass is 19.4. The molecule has 2 atom stereocenters. The summed E-state index contributed by atoms with van der Waals surface area (Å²) in [5.41, 5.74) is -3.72. The van der Waals surface area contributed by atoms with Crippen LogP contribution < -0.4 is 0 Å². The van der Waals surface area contributed by atoms with Crippen molar-refractivity contribution in [3.8, 4) is 0 Å². The van der Waals surface area contributed by atoms with Crippen LogP contribution in [0.5, 0.6) is 0 Å². The Morgan fingerprint density at radius 3 is 2.00 bits per heavy atom. The van der Waals surface area contributed by atoms with Crippen molar-refractivity contribution in [1.82, 2.24) is 0 Å². The summed E-state index contributed by atoms with van der Waals surface area (Å²) in [6.07, 6.45) is -4.34. The van der Waals surface area contributed by atoms with Crippen molar-refractivity contribution in [2.24, 2.45) is 5.92 Å². The first-order valence-electron chi connectivity index (χ1n) is 9.60. The third-order valence-corrected chi connectivity index (χ3v) is 4.78. The van der Waals surface area contributed by atoms with E-state index in [0.717, 1.165) is 12.7 Å². The van der Waals surface area contributed by atoms with Gasteiger partial charge >= 0.3 is 12.1 Å². The Labute approximate surface area is 174 Å². The quantitative estimate of drug-likeness (QED) is 0.595. The summed E-state index contributed by atoms with van der Waals surface area (Å²) < 4.78 is 51.9. The molecule has 0 bridgehead atoms. The van der Waals surface area contributed by atoms with Crippen LogP contribution >= 0.6 is 0 Å². The van der Waals surface area contributed by atoms with Gasteiger partial charge in [0.25, 0.3) is 5.60 Å². The predicted molar refractivity (Wildman–Crippen MR) is 107 cm³/mol. The fourth-order valence-corrected chi connectivity index (χ4v) is 3.53. The summed E-state index contributed by atoms with van der Waals surface area (Å²) in [5, 5.41) is 10.2. The van der Waals surface area contributed by atoms with Gasteiger partial charge in [0.2, 0.25) is 0 Å². The number of alkyl halides is 3. The van der Waals surface area contributed by atoms with Crippen LogP contribution in [0, 0.1) is 5.92 Å². The van der Waals surface area contributed by atoms with Crippen LogP contribution in [-0.2, 0) is 26.3 Å². The van der Waals surface area contributed by atoms with Crippen molar-refractivity contribution in [3.05, 3.63) is 71.8 Å². The summed E-state index contributed by atoms with van der Waals surface area (Å²) >= 11 is 0. The fraction of sp³-hybridized carbons (Fsp3) is 0.435. The SMILES string of the molecule is CO[C@](C(=O)OC[C@H](Cc1ccccc1)CC(C)(C)O)(c1ccccc1)C(F)(F)F. The topological polar surface area (TPSA) is 55.8 Å². The molecule has 4 nitrogen and oxygen atoms in total. The van der Waals surface area contributed by atoms with Crippen LogP contribution in [0.3, 0.4) is 0 Å². The first kappa shape index (κ1) is 23.9. The van der Waals surface area contributed by atoms with Crippen molar-refractivity contribution in [2.45, 2.75) is 44.1 Å². The molecule has 0 aliphatic rings. The maximum atomic E-state index is 14.0. The van der Waals surface area contributed by atoms with Crippen molar-refractivity contribution in [2.75, 3.05) is 13.7 Å². The third-order valence-electron chi connectivity index (χ3n) is 4.78. The van der Waals surface area contributed by atoms with Crippen LogP contribution in [0.4, 0.5) is 13.2 Å². The molecule has 0 saturated carbocycles. The Morgan fingerprint density at radius 2 is 1.53 bits per heavy atom. The van der Waals surface area contributed by atoms with Crippen LogP contribution in [0.25, 0.3) is 0 Å². The second kappa shape index (κ2) is 9.62. The Balaban J connectivity index is 2.26. The van der Waals surface area contributed by atoms with Crippen molar-refractivity contribution < 1.29 is 32.5 Å². The number of methoxy groups -OCH3 is 1. The van der Waals surface area contributed by atoms with Gasteiger partial charge in [-0.05, 0) is 38.2 Å². The van der Waals surface area contributed by atoms with Crippen LogP contribution in [-0.4, -0.2) is 36.6 Å². The van der Waals surface area contributed by atoms with Gasteiger partial charge in [-0.2, -0.15) is 13.2 Å². The fourth-order valence-electron chi connectivity index (χ4n) is 3.53. The van der Waals surface area contributed by atoms with Crippen LogP contribution in [0.15, 0.2) is 60.7 Å². The minimum Gasteiger partial charge on any atom is -0.463 e. The van der Waals surface area contributed by atoms with Crippen molar-refractivity contribution in [1.29, 1.82) is 0 Å². The summed E-state index contributed by atoms with van der Waals surface area (Å²) in [4.78, 5) is 12.7. The second-order valence-electron chi connectivity index (χ2n) is 7.92. The highest BCUT2D eigenvalue weighted by Gasteiger charge is 2.64. The number of benzene rings is 2. The number of rotatable bonds is 9. The highest BCUT2D eigenvalue weighted by molar-refractivity contribution is 5.82. The molecule has 30 heavy (non-hydrogen) atoms. The van der Waals surface area contributed by atoms with Gasteiger partial charge in [0.05, 0.1) is 12.2 Å². The van der Waals surface area contributed by atoms with Gasteiger partial charge in [-0.1, -0.05) is 60.7 Å². The number of aliphatic hydroxyl groups is 1. The average Bonchev–Trinajstić information content (AvgIpc) is 2.66. The standard InChI is InChI=1S/C23H27F3O4/c1-21(2,28)15-18(14-17-10-6-4-7-11-17)16-30-20(27)22(29-3,23(24,25)26)19-12-8-5-9-13-19/h4-13,18,28H,14-16H2,1-3H3/t18-,22+/m1/s1. The molecule has 1 N–H and O–H groups in total. The van der Waals surface area contributed by atoms with Crippen LogP contribution in [0.2, 0.25) is 0 Å². The van der Waals surface area contributed by atoms with Gasteiger partial charge in [-0.3, -0.25) is 0 Å². The second-order valence-corrected chi connectivity index (χ2v) is 7.92. The lowest BCUT2D eigenvalue weighted by Gasteiger charge is -2.33. The van der Waals surface area contributed by atoms with Gasteiger partial charge in [0.15, 0.2) is 0 Å². The lowest BCUT2D eigenvalue weighted by molar-refractivity contribution is -0.276.